The maximum Gasteiger partial charge on any atom is 0.339 e. The molecule has 1 N–H and O–H groups in total. The SMILES string of the molecule is COc1cc(C(=O)O[C@H](C)C(=O)Nc2ccc(C)cc2C)cc(Cl)c1OC. The molecule has 0 spiro atoms. The van der Waals surface area contributed by atoms with Crippen LogP contribution in [0.15, 0.2) is 30.3 Å². The van der Waals surface area contributed by atoms with E-state index in [0.29, 0.717) is 17.2 Å². The van der Waals surface area contributed by atoms with Crippen LogP contribution in [-0.2, 0) is 9.53 Å². The first kappa shape index (κ1) is 20.6. The molecule has 0 saturated heterocycles. The van der Waals surface area contributed by atoms with E-state index in [4.69, 9.17) is 25.8 Å². The molecule has 0 heterocycles. The number of anilines is 1. The van der Waals surface area contributed by atoms with Gasteiger partial charge in [0.05, 0.1) is 24.8 Å². The van der Waals surface area contributed by atoms with Crippen molar-refractivity contribution in [1.82, 2.24) is 0 Å². The summed E-state index contributed by atoms with van der Waals surface area (Å²) < 4.78 is 15.6. The van der Waals surface area contributed by atoms with Gasteiger partial charge >= 0.3 is 5.97 Å². The van der Waals surface area contributed by atoms with Gasteiger partial charge in [0.25, 0.3) is 5.91 Å². The highest BCUT2D eigenvalue weighted by atomic mass is 35.5. The number of amides is 1. The molecule has 27 heavy (non-hydrogen) atoms. The third-order valence-electron chi connectivity index (χ3n) is 3.96. The van der Waals surface area contributed by atoms with Crippen molar-refractivity contribution in [3.63, 3.8) is 0 Å². The molecule has 1 atom stereocenters. The largest absolute Gasteiger partial charge is 0.493 e. The van der Waals surface area contributed by atoms with Gasteiger partial charge in [0.1, 0.15) is 0 Å². The molecule has 0 radical (unpaired) electrons. The summed E-state index contributed by atoms with van der Waals surface area (Å²) in [5.74, 6) is -0.510. The predicted molar refractivity (Wildman–Crippen MR) is 104 cm³/mol. The van der Waals surface area contributed by atoms with Gasteiger partial charge in [-0.25, -0.2) is 4.79 Å². The van der Waals surface area contributed by atoms with Crippen molar-refractivity contribution in [3.05, 3.63) is 52.0 Å². The van der Waals surface area contributed by atoms with E-state index >= 15 is 0 Å². The number of hydrogen-bond acceptors (Lipinski definition) is 5. The third kappa shape index (κ3) is 4.92. The maximum atomic E-state index is 12.4. The summed E-state index contributed by atoms with van der Waals surface area (Å²) in [6.45, 7) is 5.36. The minimum atomic E-state index is -0.995. The number of carbonyl (C=O) groups excluding carboxylic acids is 2. The van der Waals surface area contributed by atoms with Crippen LogP contribution in [0, 0.1) is 13.8 Å². The number of rotatable bonds is 6. The summed E-state index contributed by atoms with van der Waals surface area (Å²) in [5, 5.41) is 2.96. The zero-order chi connectivity index (χ0) is 20.1. The molecule has 0 aliphatic rings. The number of methoxy groups -OCH3 is 2. The predicted octanol–water partition coefficient (Wildman–Crippen LogP) is 4.16. The number of nitrogens with one attached hydrogen (secondary N) is 1. The van der Waals surface area contributed by atoms with Gasteiger partial charge in [-0.05, 0) is 44.5 Å². The number of ether oxygens (including phenoxy) is 3. The lowest BCUT2D eigenvalue weighted by Gasteiger charge is -2.16. The van der Waals surface area contributed by atoms with Gasteiger partial charge in [0, 0.05) is 5.69 Å². The summed E-state index contributed by atoms with van der Waals surface area (Å²) in [4.78, 5) is 24.7. The van der Waals surface area contributed by atoms with Crippen molar-refractivity contribution in [2.24, 2.45) is 0 Å². The van der Waals surface area contributed by atoms with E-state index in [0.717, 1.165) is 11.1 Å². The summed E-state index contributed by atoms with van der Waals surface area (Å²) in [6.07, 6.45) is -0.995. The van der Waals surface area contributed by atoms with Crippen molar-refractivity contribution >= 4 is 29.2 Å². The Morgan fingerprint density at radius 2 is 1.78 bits per heavy atom. The van der Waals surface area contributed by atoms with Crippen LogP contribution >= 0.6 is 11.6 Å². The molecule has 144 valence electrons. The van der Waals surface area contributed by atoms with E-state index in [1.165, 1.54) is 33.3 Å². The van der Waals surface area contributed by atoms with E-state index in [1.54, 1.807) is 0 Å². The Hall–Kier alpha value is -2.73. The lowest BCUT2D eigenvalue weighted by molar-refractivity contribution is -0.123. The van der Waals surface area contributed by atoms with Crippen LogP contribution in [0.3, 0.4) is 0 Å². The Bertz CT molecular complexity index is 866. The average molecular weight is 392 g/mol. The zero-order valence-electron chi connectivity index (χ0n) is 15.9. The summed E-state index contributed by atoms with van der Waals surface area (Å²) >= 11 is 6.10. The number of halogens is 1. The Morgan fingerprint density at radius 3 is 2.37 bits per heavy atom. The molecule has 1 amide bonds. The second-order valence-electron chi connectivity index (χ2n) is 6.05. The fourth-order valence-electron chi connectivity index (χ4n) is 2.51. The Kier molecular flexibility index (Phi) is 6.69. The van der Waals surface area contributed by atoms with Gasteiger partial charge in [-0.2, -0.15) is 0 Å². The van der Waals surface area contributed by atoms with Crippen molar-refractivity contribution in [3.8, 4) is 11.5 Å². The van der Waals surface area contributed by atoms with Gasteiger partial charge < -0.3 is 19.5 Å². The van der Waals surface area contributed by atoms with E-state index in [-0.39, 0.29) is 10.6 Å². The minimum absolute atomic E-state index is 0.156. The highest BCUT2D eigenvalue weighted by Crippen LogP contribution is 2.36. The third-order valence-corrected chi connectivity index (χ3v) is 4.24. The van der Waals surface area contributed by atoms with Crippen LogP contribution in [0.1, 0.15) is 28.4 Å². The second-order valence-corrected chi connectivity index (χ2v) is 6.46. The molecule has 0 fully saturated rings. The van der Waals surface area contributed by atoms with Crippen LogP contribution in [0.25, 0.3) is 0 Å². The van der Waals surface area contributed by atoms with E-state index in [2.05, 4.69) is 5.32 Å². The van der Waals surface area contributed by atoms with Crippen molar-refractivity contribution in [2.45, 2.75) is 26.9 Å². The monoisotopic (exact) mass is 391 g/mol. The second kappa shape index (κ2) is 8.77. The highest BCUT2D eigenvalue weighted by Gasteiger charge is 2.22. The van der Waals surface area contributed by atoms with E-state index in [9.17, 15) is 9.59 Å². The number of esters is 1. The molecule has 0 aliphatic carbocycles. The van der Waals surface area contributed by atoms with E-state index < -0.39 is 18.0 Å². The van der Waals surface area contributed by atoms with Crippen molar-refractivity contribution in [2.75, 3.05) is 19.5 Å². The fourth-order valence-corrected chi connectivity index (χ4v) is 2.79. The number of hydrogen-bond donors (Lipinski definition) is 1. The Morgan fingerprint density at radius 1 is 1.07 bits per heavy atom. The summed E-state index contributed by atoms with van der Waals surface area (Å²) in [7, 11) is 2.88. The molecule has 2 rings (SSSR count). The molecule has 0 aromatic heterocycles. The molecule has 7 heteroatoms. The van der Waals surface area contributed by atoms with Crippen LogP contribution < -0.4 is 14.8 Å². The molecule has 6 nitrogen and oxygen atoms in total. The molecule has 2 aromatic rings. The molecule has 0 unspecified atom stereocenters. The lowest BCUT2D eigenvalue weighted by atomic mass is 10.1. The minimum Gasteiger partial charge on any atom is -0.493 e. The van der Waals surface area contributed by atoms with Gasteiger partial charge in [0.2, 0.25) is 0 Å². The molecule has 2 aromatic carbocycles. The van der Waals surface area contributed by atoms with Crippen LogP contribution in [-0.4, -0.2) is 32.2 Å². The first-order chi connectivity index (χ1) is 12.8. The van der Waals surface area contributed by atoms with Crippen LogP contribution in [0.4, 0.5) is 5.69 Å². The topological polar surface area (TPSA) is 73.9 Å². The average Bonchev–Trinajstić information content (AvgIpc) is 2.62. The number of carbonyl (C=O) groups is 2. The standard InChI is InChI=1S/C20H22ClNO5/c1-11-6-7-16(12(2)8-11)22-19(23)13(3)27-20(24)14-9-15(21)18(26-5)17(10-14)25-4/h6-10,13H,1-5H3,(H,22,23)/t13-/m1/s1. The van der Waals surface area contributed by atoms with Gasteiger partial charge in [-0.15, -0.1) is 0 Å². The molecule has 0 aliphatic heterocycles. The van der Waals surface area contributed by atoms with Crippen LogP contribution in [0.2, 0.25) is 5.02 Å². The lowest BCUT2D eigenvalue weighted by Crippen LogP contribution is -2.30. The number of aryl methyl sites for hydroxylation is 2. The molecule has 0 saturated carbocycles. The van der Waals surface area contributed by atoms with Crippen molar-refractivity contribution in [1.29, 1.82) is 0 Å². The quantitative estimate of drug-likeness (QED) is 0.748. The summed E-state index contributed by atoms with van der Waals surface area (Å²) in [5.41, 5.74) is 2.84. The highest BCUT2D eigenvalue weighted by molar-refractivity contribution is 6.32. The molecule has 0 bridgehead atoms. The first-order valence-corrected chi connectivity index (χ1v) is 8.65. The van der Waals surface area contributed by atoms with E-state index in [1.807, 2.05) is 32.0 Å². The molecular weight excluding hydrogens is 370 g/mol. The van der Waals surface area contributed by atoms with Crippen molar-refractivity contribution < 1.29 is 23.8 Å². The fraction of sp³-hybridized carbons (Fsp3) is 0.300. The Labute approximate surface area is 163 Å². The Balaban J connectivity index is 2.10. The number of benzene rings is 2. The van der Waals surface area contributed by atoms with Gasteiger partial charge in [0.15, 0.2) is 17.6 Å². The molecular formula is C20H22ClNO5. The van der Waals surface area contributed by atoms with Gasteiger partial charge in [-0.3, -0.25) is 4.79 Å². The van der Waals surface area contributed by atoms with Gasteiger partial charge in [-0.1, -0.05) is 29.3 Å². The smallest absolute Gasteiger partial charge is 0.339 e. The first-order valence-electron chi connectivity index (χ1n) is 8.27. The normalized spacial score (nSPS) is 11.5. The maximum absolute atomic E-state index is 12.4. The zero-order valence-corrected chi connectivity index (χ0v) is 16.6. The van der Waals surface area contributed by atoms with Crippen LogP contribution in [0.5, 0.6) is 11.5 Å². The summed E-state index contributed by atoms with van der Waals surface area (Å²) in [6, 6.07) is 8.51.